The summed E-state index contributed by atoms with van der Waals surface area (Å²) in [4.78, 5) is 22.4. The molecule has 0 amide bonds. The fraction of sp³-hybridized carbons (Fsp3) is 0.375. The van der Waals surface area contributed by atoms with E-state index in [0.29, 0.717) is 0 Å². The predicted molar refractivity (Wildman–Crippen MR) is 78.0 cm³/mol. The van der Waals surface area contributed by atoms with Gasteiger partial charge in [0.25, 0.3) is 0 Å². The lowest BCUT2D eigenvalue weighted by Gasteiger charge is -2.23. The van der Waals surface area contributed by atoms with Gasteiger partial charge in [-0.2, -0.15) is 0 Å². The summed E-state index contributed by atoms with van der Waals surface area (Å²) in [5.74, 6) is -1.03. The van der Waals surface area contributed by atoms with Gasteiger partial charge in [0.2, 0.25) is 0 Å². The maximum Gasteiger partial charge on any atom is 0.330 e. The molecule has 5 heteroatoms. The van der Waals surface area contributed by atoms with Crippen LogP contribution in [0.2, 0.25) is 0 Å². The highest BCUT2D eigenvalue weighted by Gasteiger charge is 2.21. The zero-order valence-electron chi connectivity index (χ0n) is 12.6. The monoisotopic (exact) mass is 292 g/mol. The van der Waals surface area contributed by atoms with E-state index < -0.39 is 18.0 Å². The highest BCUT2D eigenvalue weighted by Crippen LogP contribution is 2.29. The number of benzene rings is 1. The first-order valence-corrected chi connectivity index (χ1v) is 6.58. The molecule has 114 valence electrons. The fourth-order valence-corrected chi connectivity index (χ4v) is 2.13. The number of carbonyl (C=O) groups is 2. The Labute approximate surface area is 124 Å². The molecule has 0 aliphatic heterocycles. The Morgan fingerprint density at radius 3 is 2.52 bits per heavy atom. The van der Waals surface area contributed by atoms with Gasteiger partial charge in [0.15, 0.2) is 0 Å². The van der Waals surface area contributed by atoms with Gasteiger partial charge in [-0.1, -0.05) is 12.1 Å². The Bertz CT molecular complexity index is 548. The summed E-state index contributed by atoms with van der Waals surface area (Å²) >= 11 is 0. The number of aryl methyl sites for hydroxylation is 1. The summed E-state index contributed by atoms with van der Waals surface area (Å²) < 4.78 is 9.79. The van der Waals surface area contributed by atoms with E-state index in [2.05, 4.69) is 4.74 Å². The van der Waals surface area contributed by atoms with Crippen molar-refractivity contribution in [3.05, 3.63) is 41.5 Å². The topological polar surface area (TPSA) is 72.8 Å². The molecule has 0 radical (unpaired) electrons. The molecular formula is C16H20O5. The van der Waals surface area contributed by atoms with Crippen LogP contribution < -0.4 is 0 Å². The second kappa shape index (κ2) is 7.47. The lowest BCUT2D eigenvalue weighted by Crippen LogP contribution is -2.21. The Balaban J connectivity index is 3.14. The first-order valence-electron chi connectivity index (χ1n) is 6.58. The number of carbonyl (C=O) groups excluding carboxylic acids is 2. The van der Waals surface area contributed by atoms with E-state index in [1.807, 2.05) is 6.92 Å². The molecule has 0 fully saturated rings. The standard InChI is InChI=1S/C16H20O5/c1-10-9-13(18)5-6-14(10)15(7-8-16(19)20-4)11(2)21-12(3)17/h5-9,11,15,18H,1-4H3/b8-7+/t11-,15+/m0/s1. The Hall–Kier alpha value is -2.30. The number of aromatic hydroxyl groups is 1. The van der Waals surface area contributed by atoms with Crippen molar-refractivity contribution in [1.82, 2.24) is 0 Å². The molecule has 0 saturated carbocycles. The summed E-state index contributed by atoms with van der Waals surface area (Å²) in [5, 5.41) is 9.48. The van der Waals surface area contributed by atoms with Gasteiger partial charge >= 0.3 is 11.9 Å². The molecule has 0 heterocycles. The van der Waals surface area contributed by atoms with Gasteiger partial charge in [0, 0.05) is 18.9 Å². The van der Waals surface area contributed by atoms with E-state index in [-0.39, 0.29) is 11.7 Å². The van der Waals surface area contributed by atoms with Crippen molar-refractivity contribution in [3.8, 4) is 5.75 Å². The van der Waals surface area contributed by atoms with Gasteiger partial charge in [-0.3, -0.25) is 4.79 Å². The first-order chi connectivity index (χ1) is 9.85. The van der Waals surface area contributed by atoms with E-state index >= 15 is 0 Å². The van der Waals surface area contributed by atoms with E-state index in [9.17, 15) is 14.7 Å². The highest BCUT2D eigenvalue weighted by atomic mass is 16.5. The molecule has 0 aliphatic rings. The van der Waals surface area contributed by atoms with Gasteiger partial charge in [-0.05, 0) is 37.1 Å². The molecule has 0 saturated heterocycles. The van der Waals surface area contributed by atoms with Gasteiger partial charge in [-0.15, -0.1) is 0 Å². The molecular weight excluding hydrogens is 272 g/mol. The van der Waals surface area contributed by atoms with Crippen LogP contribution in [0.4, 0.5) is 0 Å². The van der Waals surface area contributed by atoms with Crippen LogP contribution in [0.25, 0.3) is 0 Å². The van der Waals surface area contributed by atoms with Crippen molar-refractivity contribution in [2.75, 3.05) is 7.11 Å². The average molecular weight is 292 g/mol. The molecule has 21 heavy (non-hydrogen) atoms. The molecule has 5 nitrogen and oxygen atoms in total. The maximum absolute atomic E-state index is 11.3. The number of rotatable bonds is 5. The van der Waals surface area contributed by atoms with Crippen molar-refractivity contribution in [2.45, 2.75) is 32.8 Å². The van der Waals surface area contributed by atoms with Crippen LogP contribution in [-0.2, 0) is 19.1 Å². The molecule has 2 atom stereocenters. The number of ether oxygens (including phenoxy) is 2. The van der Waals surface area contributed by atoms with Gasteiger partial charge in [0.1, 0.15) is 11.9 Å². The van der Waals surface area contributed by atoms with Gasteiger partial charge in [0.05, 0.1) is 7.11 Å². The number of phenols is 1. The molecule has 1 aromatic carbocycles. The van der Waals surface area contributed by atoms with Crippen molar-refractivity contribution in [2.24, 2.45) is 0 Å². The average Bonchev–Trinajstić information content (AvgIpc) is 2.39. The number of methoxy groups -OCH3 is 1. The fourth-order valence-electron chi connectivity index (χ4n) is 2.13. The summed E-state index contributed by atoms with van der Waals surface area (Å²) in [7, 11) is 1.29. The third-order valence-corrected chi connectivity index (χ3v) is 3.11. The second-order valence-electron chi connectivity index (χ2n) is 4.76. The zero-order chi connectivity index (χ0) is 16.0. The summed E-state index contributed by atoms with van der Waals surface area (Å²) in [6.07, 6.45) is 2.49. The number of phenolic OH excluding ortho intramolecular Hbond substituents is 1. The minimum absolute atomic E-state index is 0.159. The number of hydrogen-bond acceptors (Lipinski definition) is 5. The summed E-state index contributed by atoms with van der Waals surface area (Å²) in [5.41, 5.74) is 1.70. The van der Waals surface area contributed by atoms with Gasteiger partial charge in [-0.25, -0.2) is 4.79 Å². The van der Waals surface area contributed by atoms with Crippen molar-refractivity contribution in [3.63, 3.8) is 0 Å². The third-order valence-electron chi connectivity index (χ3n) is 3.11. The lowest BCUT2D eigenvalue weighted by molar-refractivity contribution is -0.145. The lowest BCUT2D eigenvalue weighted by atomic mass is 9.90. The Kier molecular flexibility index (Phi) is 5.96. The first kappa shape index (κ1) is 16.8. The minimum atomic E-state index is -0.480. The number of esters is 2. The molecule has 0 spiro atoms. The molecule has 0 unspecified atom stereocenters. The molecule has 1 aromatic rings. The van der Waals surface area contributed by atoms with Crippen LogP contribution in [-0.4, -0.2) is 30.3 Å². The van der Waals surface area contributed by atoms with Crippen LogP contribution in [0.5, 0.6) is 5.75 Å². The molecule has 0 bridgehead atoms. The number of hydrogen-bond donors (Lipinski definition) is 1. The van der Waals surface area contributed by atoms with Crippen molar-refractivity contribution >= 4 is 11.9 Å². The normalized spacial score (nSPS) is 13.7. The quantitative estimate of drug-likeness (QED) is 0.666. The summed E-state index contributed by atoms with van der Waals surface area (Å²) in [6.45, 7) is 4.93. The highest BCUT2D eigenvalue weighted by molar-refractivity contribution is 5.82. The second-order valence-corrected chi connectivity index (χ2v) is 4.76. The molecule has 0 aromatic heterocycles. The molecule has 0 aliphatic carbocycles. The van der Waals surface area contributed by atoms with E-state index in [4.69, 9.17) is 4.74 Å². The van der Waals surface area contributed by atoms with E-state index in [0.717, 1.165) is 11.1 Å². The van der Waals surface area contributed by atoms with Crippen LogP contribution in [0, 0.1) is 6.92 Å². The summed E-state index contributed by atoms with van der Waals surface area (Å²) in [6, 6.07) is 4.92. The van der Waals surface area contributed by atoms with Gasteiger partial charge < -0.3 is 14.6 Å². The van der Waals surface area contributed by atoms with Crippen molar-refractivity contribution < 1.29 is 24.2 Å². The van der Waals surface area contributed by atoms with E-state index in [1.165, 1.54) is 20.1 Å². The van der Waals surface area contributed by atoms with Crippen LogP contribution in [0.15, 0.2) is 30.4 Å². The third kappa shape index (κ3) is 4.95. The largest absolute Gasteiger partial charge is 0.508 e. The maximum atomic E-state index is 11.3. The predicted octanol–water partition coefficient (Wildman–Crippen LogP) is 2.47. The smallest absolute Gasteiger partial charge is 0.330 e. The Morgan fingerprint density at radius 2 is 2.00 bits per heavy atom. The zero-order valence-corrected chi connectivity index (χ0v) is 12.6. The van der Waals surface area contributed by atoms with E-state index in [1.54, 1.807) is 31.2 Å². The SMILES string of the molecule is COC(=O)/C=C/[C@@H](c1ccc(O)cc1C)[C@H](C)OC(C)=O. The minimum Gasteiger partial charge on any atom is -0.508 e. The van der Waals surface area contributed by atoms with Crippen LogP contribution >= 0.6 is 0 Å². The molecule has 1 N–H and O–H groups in total. The Morgan fingerprint density at radius 1 is 1.33 bits per heavy atom. The van der Waals surface area contributed by atoms with Crippen LogP contribution in [0.1, 0.15) is 30.9 Å². The van der Waals surface area contributed by atoms with Crippen molar-refractivity contribution in [1.29, 1.82) is 0 Å². The molecule has 1 rings (SSSR count). The van der Waals surface area contributed by atoms with Crippen LogP contribution in [0.3, 0.4) is 0 Å².